The Balaban J connectivity index is 1.95. The van der Waals surface area contributed by atoms with E-state index in [9.17, 15) is 13.9 Å². The van der Waals surface area contributed by atoms with Gasteiger partial charge in [-0.1, -0.05) is 0 Å². The molecule has 2 N–H and O–H groups in total. The normalized spacial score (nSPS) is 12.9. The number of nitrogens with one attached hydrogen (secondary N) is 1. The fourth-order valence-electron chi connectivity index (χ4n) is 2.89. The van der Waals surface area contributed by atoms with Gasteiger partial charge in [-0.2, -0.15) is 14.0 Å². The number of benzene rings is 2. The van der Waals surface area contributed by atoms with Crippen molar-refractivity contribution in [3.05, 3.63) is 89.2 Å². The average Bonchev–Trinajstić information content (AvgIpc) is 2.78. The largest absolute Gasteiger partial charge is 0.456 e. The number of nitrogens with zero attached hydrogens (tertiary/aromatic N) is 4. The molecule has 0 amide bonds. The summed E-state index contributed by atoms with van der Waals surface area (Å²) in [6.07, 6.45) is 0.967. The Labute approximate surface area is 178 Å². The number of aromatic nitrogens is 1. The number of alkyl halides is 2. The summed E-state index contributed by atoms with van der Waals surface area (Å²) in [4.78, 5) is 6.22. The number of rotatable bonds is 7. The Kier molecular flexibility index (Phi) is 6.30. The number of ether oxygens (including phenoxy) is 1. The van der Waals surface area contributed by atoms with E-state index in [-0.39, 0.29) is 5.75 Å². The monoisotopic (exact) mass is 444 g/mol. The number of hydrogen-bond acceptors (Lipinski definition) is 6. The second kappa shape index (κ2) is 8.93. The van der Waals surface area contributed by atoms with Crippen LogP contribution in [0.1, 0.15) is 16.8 Å². The van der Waals surface area contributed by atoms with Gasteiger partial charge in [0.2, 0.25) is 4.91 Å². The molecule has 162 valence electrons. The van der Waals surface area contributed by atoms with Crippen LogP contribution in [0, 0.1) is 28.5 Å². The van der Waals surface area contributed by atoms with Gasteiger partial charge in [-0.25, -0.2) is 8.78 Å². The van der Waals surface area contributed by atoms with Gasteiger partial charge in [0.05, 0.1) is 17.8 Å². The zero-order valence-electron chi connectivity index (χ0n) is 16.1. The van der Waals surface area contributed by atoms with Crippen LogP contribution in [0.15, 0.2) is 65.9 Å². The van der Waals surface area contributed by atoms with Crippen LogP contribution >= 0.6 is 0 Å². The zero-order chi connectivity index (χ0) is 23.4. The second-order valence-corrected chi connectivity index (χ2v) is 6.58. The van der Waals surface area contributed by atoms with Gasteiger partial charge in [0, 0.05) is 11.6 Å². The third-order valence-corrected chi connectivity index (χ3v) is 4.54. The van der Waals surface area contributed by atoms with E-state index in [1.165, 1.54) is 24.3 Å². The first-order valence-electron chi connectivity index (χ1n) is 8.95. The predicted molar refractivity (Wildman–Crippen MR) is 102 cm³/mol. The molecule has 0 radical (unpaired) electrons. The van der Waals surface area contributed by atoms with E-state index >= 15 is 8.78 Å². The first kappa shape index (κ1) is 22.6. The van der Waals surface area contributed by atoms with Gasteiger partial charge >= 0.3 is 5.92 Å². The highest BCUT2D eigenvalue weighted by Gasteiger charge is 2.58. The van der Waals surface area contributed by atoms with Crippen LogP contribution in [0.3, 0.4) is 0 Å². The molecule has 1 atom stereocenters. The van der Waals surface area contributed by atoms with Crippen molar-refractivity contribution in [2.45, 2.75) is 11.5 Å². The van der Waals surface area contributed by atoms with Gasteiger partial charge in [-0.05, 0) is 48.5 Å². The molecule has 0 aliphatic carbocycles. The Morgan fingerprint density at radius 3 is 2.34 bits per heavy atom. The molecule has 7 nitrogen and oxygen atoms in total. The molecule has 3 aromatic rings. The van der Waals surface area contributed by atoms with Gasteiger partial charge in [0.1, 0.15) is 39.5 Å². The maximum absolute atomic E-state index is 15.3. The summed E-state index contributed by atoms with van der Waals surface area (Å²) in [5, 5.41) is 22.7. The standard InChI is InChI=1S/C21H14F4N5O2/c22-14-3-7-17(18(23)9-14)20(31,12-29-30-27)21(24,25)19-8-6-16(11-28-19)32-15-4-1-13(10-26)2-5-15/h1-9,11,27,31H,12H2/q+1. The van der Waals surface area contributed by atoms with Crippen LogP contribution in [0.2, 0.25) is 0 Å². The van der Waals surface area contributed by atoms with Crippen molar-refractivity contribution in [3.63, 3.8) is 0 Å². The molecular formula is C21H14F4N5O2+. The molecule has 0 spiro atoms. The molecule has 0 saturated carbocycles. The van der Waals surface area contributed by atoms with Gasteiger partial charge in [0.25, 0.3) is 0 Å². The van der Waals surface area contributed by atoms with Crippen LogP contribution in [-0.4, -0.2) is 16.6 Å². The molecule has 0 saturated heterocycles. The van der Waals surface area contributed by atoms with E-state index < -0.39 is 41.0 Å². The third-order valence-electron chi connectivity index (χ3n) is 4.54. The molecule has 0 bridgehead atoms. The molecule has 0 fully saturated rings. The highest BCUT2D eigenvalue weighted by Crippen LogP contribution is 2.46. The summed E-state index contributed by atoms with van der Waals surface area (Å²) in [5.41, 5.74) is 1.92. The smallest absolute Gasteiger partial charge is 0.324 e. The van der Waals surface area contributed by atoms with Crippen LogP contribution < -0.4 is 9.65 Å². The van der Waals surface area contributed by atoms with Crippen LogP contribution in [-0.2, 0) is 11.5 Å². The minimum Gasteiger partial charge on any atom is -0.456 e. The number of nitriles is 1. The van der Waals surface area contributed by atoms with E-state index in [0.717, 1.165) is 18.3 Å². The number of halogens is 4. The van der Waals surface area contributed by atoms with E-state index in [1.807, 2.05) is 6.07 Å². The minimum atomic E-state index is -4.22. The Morgan fingerprint density at radius 2 is 1.78 bits per heavy atom. The molecule has 2 aromatic carbocycles. The first-order valence-corrected chi connectivity index (χ1v) is 8.95. The van der Waals surface area contributed by atoms with Crippen molar-refractivity contribution in [1.82, 2.24) is 9.90 Å². The average molecular weight is 444 g/mol. The minimum absolute atomic E-state index is 0.0802. The summed E-state index contributed by atoms with van der Waals surface area (Å²) < 4.78 is 63.6. The molecule has 11 heteroatoms. The second-order valence-electron chi connectivity index (χ2n) is 6.58. The number of pyridine rings is 1. The highest BCUT2D eigenvalue weighted by molar-refractivity contribution is 5.38. The van der Waals surface area contributed by atoms with Crippen molar-refractivity contribution in [2.24, 2.45) is 5.11 Å². The van der Waals surface area contributed by atoms with E-state index in [1.54, 1.807) is 0 Å². The van der Waals surface area contributed by atoms with Crippen molar-refractivity contribution in [3.8, 4) is 17.6 Å². The zero-order valence-corrected chi connectivity index (χ0v) is 16.1. The summed E-state index contributed by atoms with van der Waals surface area (Å²) in [5.74, 6) is -6.26. The van der Waals surface area contributed by atoms with Crippen LogP contribution in [0.25, 0.3) is 0 Å². The Morgan fingerprint density at radius 1 is 1.09 bits per heavy atom. The van der Waals surface area contributed by atoms with Crippen molar-refractivity contribution < 1.29 is 27.4 Å². The number of hydrogen-bond donors (Lipinski definition) is 2. The predicted octanol–water partition coefficient (Wildman–Crippen LogP) is 4.55. The fourth-order valence-corrected chi connectivity index (χ4v) is 2.89. The van der Waals surface area contributed by atoms with Crippen LogP contribution in [0.4, 0.5) is 17.6 Å². The van der Waals surface area contributed by atoms with Crippen molar-refractivity contribution in [2.75, 3.05) is 6.54 Å². The highest BCUT2D eigenvalue weighted by atomic mass is 19.3. The Hall–Kier alpha value is -4.13. The summed E-state index contributed by atoms with van der Waals surface area (Å²) >= 11 is 0. The topological polar surface area (TPSA) is 116 Å². The SMILES string of the molecule is N#Cc1ccc(Oc2ccc(C(F)(F)C(O)(CN=[N+]=N)c3ccc(F)cc3F)nc2)cc1. The maximum Gasteiger partial charge on any atom is 0.324 e. The quantitative estimate of drug-likeness (QED) is 0.316. The summed E-state index contributed by atoms with van der Waals surface area (Å²) in [6.45, 7) is -1.18. The lowest BCUT2D eigenvalue weighted by Gasteiger charge is -2.33. The molecule has 1 heterocycles. The van der Waals surface area contributed by atoms with E-state index in [4.69, 9.17) is 15.5 Å². The molecule has 0 aliphatic heterocycles. The van der Waals surface area contributed by atoms with E-state index in [2.05, 4.69) is 15.0 Å². The fraction of sp³-hybridized carbons (Fsp3) is 0.143. The lowest BCUT2D eigenvalue weighted by atomic mass is 9.84. The lowest BCUT2D eigenvalue weighted by Crippen LogP contribution is -2.47. The molecule has 0 aliphatic rings. The molecular weight excluding hydrogens is 430 g/mol. The van der Waals surface area contributed by atoms with Gasteiger partial charge in [0.15, 0.2) is 12.1 Å². The van der Waals surface area contributed by atoms with Gasteiger partial charge < -0.3 is 9.84 Å². The summed E-state index contributed by atoms with van der Waals surface area (Å²) in [7, 11) is 0. The molecule has 1 unspecified atom stereocenters. The first-order chi connectivity index (χ1) is 15.2. The Bertz CT molecular complexity index is 1210. The van der Waals surface area contributed by atoms with E-state index in [0.29, 0.717) is 29.5 Å². The molecule has 32 heavy (non-hydrogen) atoms. The van der Waals surface area contributed by atoms with Crippen LogP contribution in [0.5, 0.6) is 11.5 Å². The summed E-state index contributed by atoms with van der Waals surface area (Å²) in [6, 6.07) is 11.7. The van der Waals surface area contributed by atoms with Gasteiger partial charge in [-0.15, -0.1) is 0 Å². The van der Waals surface area contributed by atoms with Gasteiger partial charge in [-0.3, -0.25) is 4.98 Å². The van der Waals surface area contributed by atoms with Crippen molar-refractivity contribution >= 4 is 0 Å². The maximum atomic E-state index is 15.3. The lowest BCUT2D eigenvalue weighted by molar-refractivity contribution is -0.194. The molecule has 3 rings (SSSR count). The third kappa shape index (κ3) is 4.32. The van der Waals surface area contributed by atoms with Crippen molar-refractivity contribution in [1.29, 1.82) is 10.8 Å². The number of aliphatic hydroxyl groups is 1. The molecule has 1 aromatic heterocycles.